The van der Waals surface area contributed by atoms with Crippen LogP contribution in [0.2, 0.25) is 0 Å². The Morgan fingerprint density at radius 1 is 0.857 bits per heavy atom. The van der Waals surface area contributed by atoms with Gasteiger partial charge in [0.05, 0.1) is 57.6 Å². The van der Waals surface area contributed by atoms with Crippen molar-refractivity contribution in [2.24, 2.45) is 5.11 Å². The number of aromatic nitrogens is 1. The molecule has 1 radical (unpaired) electrons. The zero-order valence-corrected chi connectivity index (χ0v) is 34.2. The Labute approximate surface area is 342 Å². The molecule has 0 spiro atoms. The van der Waals surface area contributed by atoms with E-state index in [1.54, 1.807) is 0 Å². The number of hydrogen-bond donors (Lipinski definition) is 5. The molecule has 0 aliphatic heterocycles. The second-order valence-electron chi connectivity index (χ2n) is 11.9. The van der Waals surface area contributed by atoms with Crippen LogP contribution in [0.1, 0.15) is 35.2 Å². The van der Waals surface area contributed by atoms with Crippen LogP contribution in [-0.4, -0.2) is 102 Å². The summed E-state index contributed by atoms with van der Waals surface area (Å²) in [4.78, 5) is 49.6. The Morgan fingerprint density at radius 2 is 1.39 bits per heavy atom. The van der Waals surface area contributed by atoms with Crippen molar-refractivity contribution in [3.63, 3.8) is 0 Å². The Balaban J connectivity index is 0.000000481. The van der Waals surface area contributed by atoms with Crippen molar-refractivity contribution in [1.82, 2.24) is 20.5 Å². The molecule has 1 unspecified atom stereocenters. The topological polar surface area (TPSA) is 213 Å². The van der Waals surface area contributed by atoms with E-state index in [9.17, 15) is 19.2 Å². The number of pyridine rings is 1. The van der Waals surface area contributed by atoms with Gasteiger partial charge in [0.1, 0.15) is 11.9 Å². The van der Waals surface area contributed by atoms with Crippen LogP contribution in [0, 0.1) is 0 Å². The van der Waals surface area contributed by atoms with Crippen molar-refractivity contribution in [3.05, 3.63) is 133 Å². The zero-order valence-electron chi connectivity index (χ0n) is 31.4. The maximum Gasteiger partial charge on any atom is 0.328 e. The Kier molecular flexibility index (Phi) is 24.7. The second kappa shape index (κ2) is 28.3. The van der Waals surface area contributed by atoms with Gasteiger partial charge < -0.3 is 41.3 Å². The molecule has 5 N–H and O–H groups in total. The average Bonchev–Trinajstić information content (AvgIpc) is 3.20. The summed E-state index contributed by atoms with van der Waals surface area (Å²) in [6, 6.07) is 33.4. The van der Waals surface area contributed by atoms with Crippen molar-refractivity contribution in [2.45, 2.75) is 25.3 Å². The molecule has 0 saturated carbocycles. The predicted molar refractivity (Wildman–Crippen MR) is 215 cm³/mol. The van der Waals surface area contributed by atoms with E-state index in [4.69, 9.17) is 25.6 Å². The molecule has 0 fully saturated rings. The number of carbonyl (C=O) groups excluding carboxylic acids is 2. The molecule has 4 aromatic rings. The quantitative estimate of drug-likeness (QED) is 0.0387. The van der Waals surface area contributed by atoms with Crippen LogP contribution >= 0.6 is 7.92 Å². The van der Waals surface area contributed by atoms with Crippen LogP contribution in [0.25, 0.3) is 11.2 Å². The third-order valence-corrected chi connectivity index (χ3v) is 10.2. The summed E-state index contributed by atoms with van der Waals surface area (Å²) < 4.78 is 4.79. The molecule has 4 rings (SSSR count). The first-order chi connectivity index (χ1) is 26.5. The Bertz CT molecular complexity index is 1720. The summed E-state index contributed by atoms with van der Waals surface area (Å²) in [5, 5.41) is 36.9. The van der Waals surface area contributed by atoms with Gasteiger partial charge in [-0.25, -0.2) is 9.78 Å². The molecule has 16 heteroatoms. The number of benzene rings is 3. The van der Waals surface area contributed by atoms with E-state index in [-0.39, 0.29) is 57.7 Å². The molecule has 14 nitrogen and oxygen atoms in total. The van der Waals surface area contributed by atoms with Gasteiger partial charge in [0.25, 0.3) is 5.91 Å². The number of hydrogen-bond acceptors (Lipinski definition) is 10. The average molecular weight is 871 g/mol. The summed E-state index contributed by atoms with van der Waals surface area (Å²) >= 11 is 0. The SMILES string of the molecule is C=C(NCCCCC(NC(=O)c1ccc(N=[N-])nc1)C(=O)OC)c1ccccc1.C[PH+](c1ccccc1)c1ccccc1.O=C(O)CN(CCO)CC(=O)O.[Tc]. The number of carboxylic acid groups (broad SMARTS) is 2. The monoisotopic (exact) mass is 869 g/mol. The third kappa shape index (κ3) is 19.4. The predicted octanol–water partition coefficient (Wildman–Crippen LogP) is 4.37. The molecular weight excluding hydrogens is 821 g/mol. The van der Waals surface area contributed by atoms with Crippen LogP contribution < -0.4 is 21.2 Å². The molecule has 1 aromatic heterocycles. The number of methoxy groups -OCH3 is 1. The Hall–Kier alpha value is -5.17. The molecule has 0 bridgehead atoms. The zero-order chi connectivity index (χ0) is 40.4. The largest absolute Gasteiger partial charge is 0.705 e. The van der Waals surface area contributed by atoms with Gasteiger partial charge in [-0.1, -0.05) is 73.3 Å². The van der Waals surface area contributed by atoms with E-state index >= 15 is 0 Å². The van der Waals surface area contributed by atoms with Gasteiger partial charge in [0, 0.05) is 45.1 Å². The number of nitrogens with zero attached hydrogens (tertiary/aromatic N) is 4. The molecule has 0 aliphatic carbocycles. The third-order valence-electron chi connectivity index (χ3n) is 7.83. The number of unbranched alkanes of at least 4 members (excludes halogenated alkanes) is 1. The van der Waals surface area contributed by atoms with Gasteiger partial charge in [0.2, 0.25) is 0 Å². The molecule has 3 aromatic carbocycles. The van der Waals surface area contributed by atoms with E-state index < -0.39 is 37.8 Å². The molecule has 56 heavy (non-hydrogen) atoms. The number of amides is 1. The number of esters is 1. The maximum atomic E-state index is 12.3. The van der Waals surface area contributed by atoms with Crippen molar-refractivity contribution in [2.75, 3.05) is 46.6 Å². The number of nitrogens with one attached hydrogen (secondary N) is 2. The van der Waals surface area contributed by atoms with Crippen LogP contribution in [0.3, 0.4) is 0 Å². The van der Waals surface area contributed by atoms with E-state index in [1.807, 2.05) is 30.3 Å². The van der Waals surface area contributed by atoms with E-state index in [1.165, 1.54) is 36.0 Å². The van der Waals surface area contributed by atoms with E-state index in [2.05, 4.69) is 94.6 Å². The second-order valence-corrected chi connectivity index (χ2v) is 14.3. The smallest absolute Gasteiger partial charge is 0.328 e. The number of aliphatic carboxylic acids is 2. The van der Waals surface area contributed by atoms with Crippen molar-refractivity contribution < 1.29 is 59.3 Å². The van der Waals surface area contributed by atoms with Crippen LogP contribution in [0.5, 0.6) is 0 Å². The fraction of sp³-hybridized carbons (Fsp3) is 0.275. The van der Waals surface area contributed by atoms with Gasteiger partial charge >= 0.3 is 17.9 Å². The number of rotatable bonds is 19. The number of carbonyl (C=O) groups is 4. The summed E-state index contributed by atoms with van der Waals surface area (Å²) in [5.74, 6) is -3.08. The van der Waals surface area contributed by atoms with Gasteiger partial charge in [-0.15, -0.1) is 0 Å². The van der Waals surface area contributed by atoms with Crippen LogP contribution in [-0.2, 0) is 39.2 Å². The summed E-state index contributed by atoms with van der Waals surface area (Å²) in [6.45, 7) is 6.12. The van der Waals surface area contributed by atoms with Crippen LogP contribution in [0.4, 0.5) is 5.82 Å². The molecule has 1 atom stereocenters. The minimum atomic E-state index is -1.11. The molecular formula is C40H49N6O8PTc. The first-order valence-electron chi connectivity index (χ1n) is 17.4. The molecule has 299 valence electrons. The van der Waals surface area contributed by atoms with Gasteiger partial charge in [-0.2, -0.15) is 0 Å². The standard InChI is InChI=1S/C21H24N5O3.C13H13P.C6H11NO5.Tc/c1-15(16-8-4-3-5-9-16)23-13-7-6-10-18(21(28)29-2)25-20(27)17-11-12-19(26-22)24-14-17;1-14(12-8-4-2-5-9-12)13-10-6-3-7-11-13;8-2-1-7(3-5(9)10)4-6(11)12;/h3-5,8-9,11-12,14,18,23H,1,6-7,10,13H2,2H3,(H,25,27);2-11H,1H3;8H,1-4H2,(H,9,10)(H,11,12);/q-1;;;/p+1. The first-order valence-corrected chi connectivity index (χ1v) is 19.4. The number of aliphatic hydroxyl groups excluding tert-OH is 1. The number of carboxylic acids is 2. The first kappa shape index (κ1) is 48.8. The van der Waals surface area contributed by atoms with Crippen molar-refractivity contribution in [1.29, 1.82) is 0 Å². The summed E-state index contributed by atoms with van der Waals surface area (Å²) in [6.07, 6.45) is 3.21. The fourth-order valence-electron chi connectivity index (χ4n) is 4.95. The Morgan fingerprint density at radius 3 is 1.84 bits per heavy atom. The summed E-state index contributed by atoms with van der Waals surface area (Å²) in [7, 11) is 0.739. The fourth-order valence-corrected chi connectivity index (χ4v) is 6.67. The molecule has 0 aliphatic rings. The number of aliphatic hydroxyl groups is 1. The molecule has 0 saturated heterocycles. The van der Waals surface area contributed by atoms with Crippen molar-refractivity contribution >= 4 is 53.9 Å². The maximum absolute atomic E-state index is 12.3. The van der Waals surface area contributed by atoms with E-state index in [0.717, 1.165) is 22.6 Å². The normalized spacial score (nSPS) is 10.6. The van der Waals surface area contributed by atoms with Crippen molar-refractivity contribution in [3.8, 4) is 0 Å². The minimum absolute atomic E-state index is 0. The van der Waals surface area contributed by atoms with Gasteiger partial charge in [-0.3, -0.25) is 19.3 Å². The van der Waals surface area contributed by atoms with Gasteiger partial charge in [-0.05, 0) is 61.2 Å². The van der Waals surface area contributed by atoms with Gasteiger partial charge in [0.15, 0.2) is 0 Å². The van der Waals surface area contributed by atoms with Crippen LogP contribution in [0.15, 0.2) is 121 Å². The molecule has 1 amide bonds. The summed E-state index contributed by atoms with van der Waals surface area (Å²) in [5.41, 5.74) is 10.8. The minimum Gasteiger partial charge on any atom is -0.705 e. The van der Waals surface area contributed by atoms with E-state index in [0.29, 0.717) is 19.4 Å². The number of ether oxygens (including phenoxy) is 1. The molecule has 1 heterocycles.